The summed E-state index contributed by atoms with van der Waals surface area (Å²) in [6, 6.07) is 14.3. The Morgan fingerprint density at radius 3 is 2.58 bits per heavy atom. The summed E-state index contributed by atoms with van der Waals surface area (Å²) in [5.74, 6) is 0.585. The number of nitrogens with one attached hydrogen (secondary N) is 1. The van der Waals surface area contributed by atoms with E-state index in [2.05, 4.69) is 10.3 Å². The number of piperidine rings is 1. The summed E-state index contributed by atoms with van der Waals surface area (Å²) in [5.41, 5.74) is 1.74. The number of nitrogens with zero attached hydrogens (tertiary/aromatic N) is 2. The fraction of sp³-hybridized carbons (Fsp3) is 0.292. The minimum Gasteiger partial charge on any atom is -0.494 e. The first-order valence-corrected chi connectivity index (χ1v) is 10.8. The zero-order valence-electron chi connectivity index (χ0n) is 17.3. The van der Waals surface area contributed by atoms with Gasteiger partial charge in [-0.15, -0.1) is 0 Å². The highest BCUT2D eigenvalue weighted by atomic mass is 35.5. The standard InChI is InChI=1S/C24H24ClN3O3/c1-2-31-18-7-5-16(6-8-18)24(30)28-14-11-17(12-15-28)27-23(29)20-9-10-21(25)19-4-3-13-26-22(19)20/h3-10,13,17H,2,11-12,14-15H2,1H3,(H,27,29). The van der Waals surface area contributed by atoms with Gasteiger partial charge in [0.15, 0.2) is 0 Å². The third kappa shape index (κ3) is 4.64. The molecule has 4 rings (SSSR count). The van der Waals surface area contributed by atoms with Gasteiger partial charge in [-0.2, -0.15) is 0 Å². The highest BCUT2D eigenvalue weighted by Crippen LogP contribution is 2.25. The topological polar surface area (TPSA) is 71.5 Å². The second-order valence-electron chi connectivity index (χ2n) is 7.49. The average Bonchev–Trinajstić information content (AvgIpc) is 2.80. The fourth-order valence-electron chi connectivity index (χ4n) is 3.85. The molecule has 31 heavy (non-hydrogen) atoms. The average molecular weight is 438 g/mol. The van der Waals surface area contributed by atoms with Gasteiger partial charge in [-0.3, -0.25) is 14.6 Å². The normalized spacial score (nSPS) is 14.5. The molecule has 0 unspecified atom stereocenters. The van der Waals surface area contributed by atoms with E-state index in [1.54, 1.807) is 36.5 Å². The fourth-order valence-corrected chi connectivity index (χ4v) is 4.07. The van der Waals surface area contributed by atoms with Gasteiger partial charge in [-0.05, 0) is 68.3 Å². The van der Waals surface area contributed by atoms with E-state index in [0.717, 1.165) is 11.1 Å². The van der Waals surface area contributed by atoms with E-state index in [4.69, 9.17) is 16.3 Å². The van der Waals surface area contributed by atoms with E-state index in [0.29, 0.717) is 54.2 Å². The Kier molecular flexibility index (Phi) is 6.37. The van der Waals surface area contributed by atoms with Crippen molar-refractivity contribution in [2.75, 3.05) is 19.7 Å². The number of carbonyl (C=O) groups is 2. The van der Waals surface area contributed by atoms with Gasteiger partial charge in [-0.1, -0.05) is 11.6 Å². The van der Waals surface area contributed by atoms with E-state index in [-0.39, 0.29) is 17.9 Å². The number of carbonyl (C=O) groups excluding carboxylic acids is 2. The monoisotopic (exact) mass is 437 g/mol. The highest BCUT2D eigenvalue weighted by Gasteiger charge is 2.25. The van der Waals surface area contributed by atoms with Gasteiger partial charge >= 0.3 is 0 Å². The van der Waals surface area contributed by atoms with Crippen LogP contribution in [0.4, 0.5) is 0 Å². The molecule has 2 amide bonds. The van der Waals surface area contributed by atoms with E-state index < -0.39 is 0 Å². The van der Waals surface area contributed by atoms with Crippen molar-refractivity contribution in [2.45, 2.75) is 25.8 Å². The first kappa shape index (κ1) is 21.1. The number of hydrogen-bond acceptors (Lipinski definition) is 4. The number of likely N-dealkylation sites (tertiary alicyclic amines) is 1. The minimum absolute atomic E-state index is 0.000667. The van der Waals surface area contributed by atoms with Crippen LogP contribution in [0.1, 0.15) is 40.5 Å². The number of halogens is 1. The number of fused-ring (bicyclic) bond motifs is 1. The predicted octanol–water partition coefficient (Wildman–Crippen LogP) is 4.32. The Hall–Kier alpha value is -3.12. The Bertz CT molecular complexity index is 1090. The van der Waals surface area contributed by atoms with Gasteiger partial charge in [0.25, 0.3) is 11.8 Å². The lowest BCUT2D eigenvalue weighted by Crippen LogP contribution is -2.46. The van der Waals surface area contributed by atoms with Gasteiger partial charge in [0.1, 0.15) is 5.75 Å². The van der Waals surface area contributed by atoms with Crippen molar-refractivity contribution in [1.29, 1.82) is 0 Å². The maximum Gasteiger partial charge on any atom is 0.253 e. The molecular formula is C24H24ClN3O3. The lowest BCUT2D eigenvalue weighted by Gasteiger charge is -2.32. The molecule has 7 heteroatoms. The molecule has 1 aromatic heterocycles. The van der Waals surface area contributed by atoms with Crippen LogP contribution >= 0.6 is 11.6 Å². The van der Waals surface area contributed by atoms with Gasteiger partial charge < -0.3 is 15.0 Å². The molecule has 2 aromatic carbocycles. The summed E-state index contributed by atoms with van der Waals surface area (Å²) in [6.07, 6.45) is 3.06. The van der Waals surface area contributed by atoms with E-state index in [1.165, 1.54) is 0 Å². The molecule has 1 fully saturated rings. The molecule has 0 bridgehead atoms. The van der Waals surface area contributed by atoms with Crippen molar-refractivity contribution in [3.8, 4) is 5.75 Å². The van der Waals surface area contributed by atoms with Gasteiger partial charge in [-0.25, -0.2) is 0 Å². The summed E-state index contributed by atoms with van der Waals surface area (Å²) in [6.45, 7) is 3.70. The predicted molar refractivity (Wildman–Crippen MR) is 121 cm³/mol. The van der Waals surface area contributed by atoms with Crippen LogP contribution in [0.2, 0.25) is 5.02 Å². The number of pyridine rings is 1. The van der Waals surface area contributed by atoms with Gasteiger partial charge in [0.2, 0.25) is 0 Å². The molecule has 0 saturated carbocycles. The van der Waals surface area contributed by atoms with Crippen molar-refractivity contribution in [1.82, 2.24) is 15.2 Å². The Labute approximate surface area is 186 Å². The number of benzene rings is 2. The van der Waals surface area contributed by atoms with Crippen LogP contribution in [0.15, 0.2) is 54.7 Å². The van der Waals surface area contributed by atoms with Gasteiger partial charge in [0.05, 0.1) is 22.7 Å². The number of ether oxygens (including phenoxy) is 1. The van der Waals surface area contributed by atoms with Crippen molar-refractivity contribution >= 4 is 34.3 Å². The van der Waals surface area contributed by atoms with Crippen LogP contribution in [-0.2, 0) is 0 Å². The maximum atomic E-state index is 12.9. The van der Waals surface area contributed by atoms with E-state index >= 15 is 0 Å². The Balaban J connectivity index is 1.37. The minimum atomic E-state index is -0.170. The molecule has 160 valence electrons. The third-order valence-corrected chi connectivity index (χ3v) is 5.82. The van der Waals surface area contributed by atoms with Crippen LogP contribution in [0.5, 0.6) is 5.75 Å². The summed E-state index contributed by atoms with van der Waals surface area (Å²) in [5, 5.41) is 4.42. The number of rotatable bonds is 5. The van der Waals surface area contributed by atoms with Crippen molar-refractivity contribution < 1.29 is 14.3 Å². The Morgan fingerprint density at radius 2 is 1.87 bits per heavy atom. The second kappa shape index (κ2) is 9.35. The van der Waals surface area contributed by atoms with Crippen molar-refractivity contribution in [3.63, 3.8) is 0 Å². The zero-order valence-corrected chi connectivity index (χ0v) is 18.1. The number of amides is 2. The molecule has 1 aliphatic rings. The van der Waals surface area contributed by atoms with E-state index in [9.17, 15) is 9.59 Å². The van der Waals surface area contributed by atoms with Crippen LogP contribution in [-0.4, -0.2) is 47.4 Å². The summed E-state index contributed by atoms with van der Waals surface area (Å²) < 4.78 is 5.43. The molecule has 1 aliphatic heterocycles. The lowest BCUT2D eigenvalue weighted by atomic mass is 10.0. The first-order chi connectivity index (χ1) is 15.1. The smallest absolute Gasteiger partial charge is 0.253 e. The summed E-state index contributed by atoms with van der Waals surface area (Å²) in [7, 11) is 0. The Morgan fingerprint density at radius 1 is 1.13 bits per heavy atom. The van der Waals surface area contributed by atoms with Crippen molar-refractivity contribution in [2.24, 2.45) is 0 Å². The molecular weight excluding hydrogens is 414 g/mol. The molecule has 0 radical (unpaired) electrons. The highest BCUT2D eigenvalue weighted by molar-refractivity contribution is 6.36. The largest absolute Gasteiger partial charge is 0.494 e. The molecule has 6 nitrogen and oxygen atoms in total. The lowest BCUT2D eigenvalue weighted by molar-refractivity contribution is 0.0698. The molecule has 0 spiro atoms. The molecule has 0 atom stereocenters. The second-order valence-corrected chi connectivity index (χ2v) is 7.90. The molecule has 1 N–H and O–H groups in total. The molecule has 3 aromatic rings. The third-order valence-electron chi connectivity index (χ3n) is 5.49. The summed E-state index contributed by atoms with van der Waals surface area (Å²) in [4.78, 5) is 31.8. The molecule has 2 heterocycles. The van der Waals surface area contributed by atoms with Crippen LogP contribution in [0.25, 0.3) is 10.9 Å². The first-order valence-electron chi connectivity index (χ1n) is 10.4. The van der Waals surface area contributed by atoms with Crippen LogP contribution in [0.3, 0.4) is 0 Å². The maximum absolute atomic E-state index is 12.9. The number of hydrogen-bond donors (Lipinski definition) is 1. The molecule has 0 aliphatic carbocycles. The zero-order chi connectivity index (χ0) is 21.8. The van der Waals surface area contributed by atoms with Gasteiger partial charge in [0, 0.05) is 36.3 Å². The van der Waals surface area contributed by atoms with Crippen molar-refractivity contribution in [3.05, 3.63) is 70.9 Å². The van der Waals surface area contributed by atoms with Crippen LogP contribution < -0.4 is 10.1 Å². The number of aromatic nitrogens is 1. The quantitative estimate of drug-likeness (QED) is 0.645. The summed E-state index contributed by atoms with van der Waals surface area (Å²) >= 11 is 6.23. The molecule has 1 saturated heterocycles. The SMILES string of the molecule is CCOc1ccc(C(=O)N2CCC(NC(=O)c3ccc(Cl)c4cccnc34)CC2)cc1. The van der Waals surface area contributed by atoms with Crippen LogP contribution in [0, 0.1) is 0 Å². The van der Waals surface area contributed by atoms with E-state index in [1.807, 2.05) is 30.0 Å².